The highest BCUT2D eigenvalue weighted by Gasteiger charge is 2.55. The molecule has 1 nitrogen and oxygen atoms in total. The van der Waals surface area contributed by atoms with Crippen molar-refractivity contribution in [2.45, 2.75) is 70.0 Å². The zero-order valence-electron chi connectivity index (χ0n) is 10.3. The van der Waals surface area contributed by atoms with Crippen molar-refractivity contribution in [1.29, 1.82) is 0 Å². The highest BCUT2D eigenvalue weighted by Crippen LogP contribution is 2.43. The van der Waals surface area contributed by atoms with Gasteiger partial charge in [-0.05, 0) is 24.6 Å². The lowest BCUT2D eigenvalue weighted by Gasteiger charge is -2.63. The third-order valence-corrected chi connectivity index (χ3v) is 18.0. The van der Waals surface area contributed by atoms with Crippen LogP contribution >= 0.6 is 0 Å². The predicted molar refractivity (Wildman–Crippen MR) is 68.5 cm³/mol. The zero-order valence-corrected chi connectivity index (χ0v) is 12.3. The van der Waals surface area contributed by atoms with E-state index in [0.29, 0.717) is 0 Å². The van der Waals surface area contributed by atoms with Crippen LogP contribution in [0.1, 0.15) is 32.1 Å². The van der Waals surface area contributed by atoms with Crippen molar-refractivity contribution in [3.05, 3.63) is 0 Å². The Morgan fingerprint density at radius 3 is 1.79 bits per heavy atom. The molecule has 2 rings (SSSR count). The number of rotatable bonds is 1. The van der Waals surface area contributed by atoms with Crippen molar-refractivity contribution in [3.8, 4) is 0 Å². The highest BCUT2D eigenvalue weighted by molar-refractivity contribution is 7.07. The topological polar surface area (TPSA) is 3.24 Å². The molecule has 1 heterocycles. The summed E-state index contributed by atoms with van der Waals surface area (Å²) >= 11 is 0. The molecule has 0 radical (unpaired) electrons. The van der Waals surface area contributed by atoms with Crippen LogP contribution < -0.4 is 0 Å². The van der Waals surface area contributed by atoms with Gasteiger partial charge in [-0.2, -0.15) is 0 Å². The quantitative estimate of drug-likeness (QED) is 0.619. The first-order chi connectivity index (χ1) is 6.43. The Labute approximate surface area is 91.1 Å². The van der Waals surface area contributed by atoms with E-state index in [9.17, 15) is 0 Å². The van der Waals surface area contributed by atoms with Crippen LogP contribution in [0.3, 0.4) is 0 Å². The minimum absolute atomic E-state index is 0.908. The summed E-state index contributed by atoms with van der Waals surface area (Å²) in [7, 11) is -1.82. The lowest BCUT2D eigenvalue weighted by molar-refractivity contribution is 0.312. The number of hydrogen-bond acceptors (Lipinski definition) is 1. The van der Waals surface area contributed by atoms with E-state index in [1.807, 2.05) is 0 Å². The maximum atomic E-state index is 3.07. The third-order valence-electron chi connectivity index (χ3n) is 4.11. The zero-order chi connectivity index (χ0) is 10.4. The minimum atomic E-state index is -0.908. The highest BCUT2D eigenvalue weighted by atomic mass is 28.5. The van der Waals surface area contributed by atoms with Gasteiger partial charge in [-0.1, -0.05) is 45.5 Å². The second-order valence-electron chi connectivity index (χ2n) is 6.46. The monoisotopic (exact) mass is 227 g/mol. The lowest BCUT2D eigenvalue weighted by Crippen LogP contribution is -2.77. The van der Waals surface area contributed by atoms with Gasteiger partial charge in [-0.3, -0.25) is 0 Å². The van der Waals surface area contributed by atoms with E-state index in [0.717, 1.165) is 6.04 Å². The molecule has 0 aromatic rings. The summed E-state index contributed by atoms with van der Waals surface area (Å²) in [5, 5.41) is 0. The molecular weight excluding hydrogens is 202 g/mol. The van der Waals surface area contributed by atoms with Crippen molar-refractivity contribution >= 4 is 16.5 Å². The van der Waals surface area contributed by atoms with E-state index in [2.05, 4.69) is 30.4 Å². The standard InChI is InChI=1S/C11H25NSi2/c1-13(2)10-14(3,4)12(13)11-8-6-5-7-9-11/h11H,5-10H2,1-4H3. The van der Waals surface area contributed by atoms with Gasteiger partial charge >= 0.3 is 0 Å². The van der Waals surface area contributed by atoms with Crippen molar-refractivity contribution in [1.82, 2.24) is 4.23 Å². The molecular formula is C11H25NSi2. The Balaban J connectivity index is 2.07. The Hall–Kier alpha value is 0.394. The first kappa shape index (κ1) is 10.9. The summed E-state index contributed by atoms with van der Waals surface area (Å²) in [4.78, 5) is 0. The summed E-state index contributed by atoms with van der Waals surface area (Å²) in [5.74, 6) is 0. The molecule has 82 valence electrons. The van der Waals surface area contributed by atoms with E-state index in [4.69, 9.17) is 0 Å². The molecule has 0 N–H and O–H groups in total. The van der Waals surface area contributed by atoms with Crippen LogP contribution in [0.4, 0.5) is 0 Å². The minimum Gasteiger partial charge on any atom is -0.343 e. The average molecular weight is 227 g/mol. The van der Waals surface area contributed by atoms with E-state index in [1.54, 1.807) is 5.67 Å². The molecule has 1 aliphatic heterocycles. The Kier molecular flexibility index (Phi) is 2.69. The van der Waals surface area contributed by atoms with Crippen LogP contribution in [0, 0.1) is 0 Å². The van der Waals surface area contributed by atoms with Gasteiger partial charge in [0.2, 0.25) is 0 Å². The molecule has 2 fully saturated rings. The van der Waals surface area contributed by atoms with E-state index in [1.165, 1.54) is 32.1 Å². The van der Waals surface area contributed by atoms with Crippen LogP contribution in [-0.2, 0) is 0 Å². The van der Waals surface area contributed by atoms with Crippen molar-refractivity contribution in [3.63, 3.8) is 0 Å². The van der Waals surface area contributed by atoms with E-state index in [-0.39, 0.29) is 0 Å². The van der Waals surface area contributed by atoms with Crippen LogP contribution in [0.2, 0.25) is 31.9 Å². The smallest absolute Gasteiger partial charge is 0.114 e. The van der Waals surface area contributed by atoms with E-state index >= 15 is 0 Å². The van der Waals surface area contributed by atoms with Gasteiger partial charge in [0.1, 0.15) is 16.5 Å². The van der Waals surface area contributed by atoms with Gasteiger partial charge < -0.3 is 4.23 Å². The third kappa shape index (κ3) is 1.74. The van der Waals surface area contributed by atoms with Crippen molar-refractivity contribution < 1.29 is 0 Å². The van der Waals surface area contributed by atoms with Gasteiger partial charge in [0.05, 0.1) is 0 Å². The molecule has 0 bridgehead atoms. The summed E-state index contributed by atoms with van der Waals surface area (Å²) in [6.45, 7) is 10.3. The van der Waals surface area contributed by atoms with Crippen LogP contribution in [0.25, 0.3) is 0 Å². The molecule has 0 amide bonds. The summed E-state index contributed by atoms with van der Waals surface area (Å²) in [5.41, 5.74) is 1.64. The lowest BCUT2D eigenvalue weighted by atomic mass is 9.96. The predicted octanol–water partition coefficient (Wildman–Crippen LogP) is 3.58. The summed E-state index contributed by atoms with van der Waals surface area (Å²) in [6, 6.07) is 1.00. The van der Waals surface area contributed by atoms with Crippen LogP contribution in [-0.4, -0.2) is 26.7 Å². The molecule has 0 unspecified atom stereocenters. The Bertz CT molecular complexity index is 205. The Morgan fingerprint density at radius 1 is 0.857 bits per heavy atom. The second kappa shape index (κ2) is 3.46. The van der Waals surface area contributed by atoms with Gasteiger partial charge in [0.25, 0.3) is 0 Å². The van der Waals surface area contributed by atoms with Gasteiger partial charge in [0.15, 0.2) is 0 Å². The number of hydrogen-bond donors (Lipinski definition) is 0. The molecule has 14 heavy (non-hydrogen) atoms. The van der Waals surface area contributed by atoms with E-state index < -0.39 is 16.5 Å². The van der Waals surface area contributed by atoms with Gasteiger partial charge in [-0.25, -0.2) is 0 Å². The first-order valence-electron chi connectivity index (χ1n) is 6.23. The molecule has 0 atom stereocenters. The largest absolute Gasteiger partial charge is 0.343 e. The molecule has 1 aliphatic carbocycles. The molecule has 1 saturated heterocycles. The maximum absolute atomic E-state index is 3.07. The van der Waals surface area contributed by atoms with Gasteiger partial charge in [0, 0.05) is 0 Å². The van der Waals surface area contributed by atoms with Gasteiger partial charge in [-0.15, -0.1) is 0 Å². The van der Waals surface area contributed by atoms with Crippen molar-refractivity contribution in [2.75, 3.05) is 0 Å². The fraction of sp³-hybridized carbons (Fsp3) is 1.00. The SMILES string of the molecule is C[Si]1(C)C[Si](C)(C)N1C1CCCCC1. The molecule has 3 heteroatoms. The maximum Gasteiger partial charge on any atom is 0.114 e. The number of nitrogens with zero attached hydrogens (tertiary/aromatic N) is 1. The van der Waals surface area contributed by atoms with Crippen molar-refractivity contribution in [2.24, 2.45) is 0 Å². The summed E-state index contributed by atoms with van der Waals surface area (Å²) < 4.78 is 3.07. The normalized spacial score (nSPS) is 32.6. The molecule has 1 saturated carbocycles. The first-order valence-corrected chi connectivity index (χ1v) is 12.5. The fourth-order valence-electron chi connectivity index (χ4n) is 4.28. The van der Waals surface area contributed by atoms with Crippen LogP contribution in [0.5, 0.6) is 0 Å². The molecule has 2 aliphatic rings. The average Bonchev–Trinajstić information content (AvgIpc) is 2.01. The summed E-state index contributed by atoms with van der Waals surface area (Å²) in [6.07, 6.45) is 7.50. The molecule has 0 aromatic carbocycles. The molecule has 0 spiro atoms. The second-order valence-corrected chi connectivity index (χ2v) is 16.5. The fourth-order valence-corrected chi connectivity index (χ4v) is 22.4. The Morgan fingerprint density at radius 2 is 1.36 bits per heavy atom. The molecule has 0 aromatic heterocycles. The van der Waals surface area contributed by atoms with Crippen LogP contribution in [0.15, 0.2) is 0 Å².